The molecule has 2 rings (SSSR count). The van der Waals surface area contributed by atoms with Gasteiger partial charge in [0.1, 0.15) is 0 Å². The Hall–Kier alpha value is -2.04. The molecule has 0 spiro atoms. The van der Waals surface area contributed by atoms with Crippen LogP contribution in [0.2, 0.25) is 0 Å². The first-order chi connectivity index (χ1) is 9.86. The van der Waals surface area contributed by atoms with Gasteiger partial charge in [0.2, 0.25) is 0 Å². The zero-order valence-corrected chi connectivity index (χ0v) is 12.8. The van der Waals surface area contributed by atoms with Crippen molar-refractivity contribution in [2.24, 2.45) is 5.41 Å². The van der Waals surface area contributed by atoms with Crippen LogP contribution in [0.5, 0.6) is 0 Å². The molecule has 1 saturated heterocycles. The molecule has 0 aromatic heterocycles. The Morgan fingerprint density at radius 1 is 1.29 bits per heavy atom. The molecule has 5 nitrogen and oxygen atoms in total. The van der Waals surface area contributed by atoms with Crippen LogP contribution in [0.15, 0.2) is 18.2 Å². The molecule has 1 aromatic carbocycles. The lowest BCUT2D eigenvalue weighted by Gasteiger charge is -2.23. The van der Waals surface area contributed by atoms with E-state index < -0.39 is 11.4 Å². The van der Waals surface area contributed by atoms with Crippen LogP contribution in [0.25, 0.3) is 0 Å². The summed E-state index contributed by atoms with van der Waals surface area (Å²) in [5, 5.41) is 12.2. The van der Waals surface area contributed by atoms with Gasteiger partial charge < -0.3 is 15.3 Å². The highest BCUT2D eigenvalue weighted by Crippen LogP contribution is 2.34. The molecule has 1 unspecified atom stereocenters. The molecule has 21 heavy (non-hydrogen) atoms. The van der Waals surface area contributed by atoms with E-state index in [2.05, 4.69) is 5.32 Å². The molecule has 2 amide bonds. The Balaban J connectivity index is 2.07. The minimum atomic E-state index is -0.813. The van der Waals surface area contributed by atoms with E-state index in [1.54, 1.807) is 4.90 Å². The average Bonchev–Trinajstić information content (AvgIpc) is 2.83. The average molecular weight is 290 g/mol. The zero-order chi connectivity index (χ0) is 15.6. The number of aryl methyl sites for hydroxylation is 2. The van der Waals surface area contributed by atoms with Crippen molar-refractivity contribution < 1.29 is 14.7 Å². The number of hydrogen-bond acceptors (Lipinski definition) is 2. The van der Waals surface area contributed by atoms with Crippen LogP contribution in [0, 0.1) is 19.3 Å². The summed E-state index contributed by atoms with van der Waals surface area (Å²) in [6, 6.07) is 5.63. The Kier molecular flexibility index (Phi) is 4.21. The molecule has 1 atom stereocenters. The number of aliphatic carboxylic acids is 1. The normalized spacial score (nSPS) is 21.4. The van der Waals surface area contributed by atoms with Crippen molar-refractivity contribution in [3.05, 3.63) is 29.3 Å². The number of benzene rings is 1. The molecule has 114 valence electrons. The van der Waals surface area contributed by atoms with Gasteiger partial charge >= 0.3 is 12.0 Å². The lowest BCUT2D eigenvalue weighted by atomic mass is 9.84. The van der Waals surface area contributed by atoms with Crippen molar-refractivity contribution in [2.45, 2.75) is 33.6 Å². The highest BCUT2D eigenvalue weighted by molar-refractivity contribution is 5.90. The number of carboxylic acid groups (broad SMARTS) is 1. The van der Waals surface area contributed by atoms with E-state index in [0.29, 0.717) is 19.4 Å². The van der Waals surface area contributed by atoms with Crippen LogP contribution < -0.4 is 5.32 Å². The van der Waals surface area contributed by atoms with Gasteiger partial charge in [0.05, 0.1) is 5.41 Å². The predicted molar refractivity (Wildman–Crippen MR) is 81.5 cm³/mol. The fourth-order valence-electron chi connectivity index (χ4n) is 2.91. The Morgan fingerprint density at radius 3 is 2.38 bits per heavy atom. The van der Waals surface area contributed by atoms with Crippen LogP contribution in [0.3, 0.4) is 0 Å². The molecular weight excluding hydrogens is 268 g/mol. The van der Waals surface area contributed by atoms with Gasteiger partial charge in [0.15, 0.2) is 0 Å². The largest absolute Gasteiger partial charge is 0.481 e. The number of carboxylic acids is 1. The van der Waals surface area contributed by atoms with Gasteiger partial charge in [-0.1, -0.05) is 13.0 Å². The number of carbonyl (C=O) groups is 2. The standard InChI is InChI=1S/C16H22N2O3/c1-4-16(14(19)20)5-6-18(10-16)15(21)17-13-8-11(2)7-12(3)9-13/h7-9H,4-6,10H2,1-3H3,(H,17,21)(H,19,20). The highest BCUT2D eigenvalue weighted by atomic mass is 16.4. The van der Waals surface area contributed by atoms with Crippen LogP contribution >= 0.6 is 0 Å². The third-order valence-corrected chi connectivity index (χ3v) is 4.24. The van der Waals surface area contributed by atoms with E-state index in [9.17, 15) is 14.7 Å². The fraction of sp³-hybridized carbons (Fsp3) is 0.500. The molecule has 5 heteroatoms. The molecule has 0 bridgehead atoms. The van der Waals surface area contributed by atoms with E-state index in [1.165, 1.54) is 0 Å². The Morgan fingerprint density at radius 2 is 1.90 bits per heavy atom. The third kappa shape index (κ3) is 3.17. The number of carbonyl (C=O) groups excluding carboxylic acids is 1. The maximum atomic E-state index is 12.3. The second-order valence-corrected chi connectivity index (χ2v) is 5.92. The van der Waals surface area contributed by atoms with Gasteiger partial charge in [-0.2, -0.15) is 0 Å². The minimum absolute atomic E-state index is 0.225. The summed E-state index contributed by atoms with van der Waals surface area (Å²) < 4.78 is 0. The maximum absolute atomic E-state index is 12.3. The summed E-state index contributed by atoms with van der Waals surface area (Å²) >= 11 is 0. The number of rotatable bonds is 3. The van der Waals surface area contributed by atoms with Gasteiger partial charge in [0.25, 0.3) is 0 Å². The SMILES string of the molecule is CCC1(C(=O)O)CCN(C(=O)Nc2cc(C)cc(C)c2)C1. The smallest absolute Gasteiger partial charge is 0.321 e. The van der Waals surface area contributed by atoms with Gasteiger partial charge in [-0.3, -0.25) is 4.79 Å². The predicted octanol–water partition coefficient (Wildman–Crippen LogP) is 3.02. The van der Waals surface area contributed by atoms with Crippen molar-refractivity contribution in [1.29, 1.82) is 0 Å². The molecule has 2 N–H and O–H groups in total. The summed E-state index contributed by atoms with van der Waals surface area (Å²) in [4.78, 5) is 25.3. The van der Waals surface area contributed by atoms with Crippen molar-refractivity contribution in [1.82, 2.24) is 4.90 Å². The molecule has 0 saturated carbocycles. The zero-order valence-electron chi connectivity index (χ0n) is 12.8. The second kappa shape index (κ2) is 5.76. The van der Waals surface area contributed by atoms with E-state index in [0.717, 1.165) is 16.8 Å². The summed E-state index contributed by atoms with van der Waals surface area (Å²) in [7, 11) is 0. The first-order valence-corrected chi connectivity index (χ1v) is 7.24. The van der Waals surface area contributed by atoms with E-state index >= 15 is 0 Å². The molecule has 1 fully saturated rings. The summed E-state index contributed by atoms with van der Waals surface area (Å²) in [6.45, 7) is 6.57. The lowest BCUT2D eigenvalue weighted by Crippen LogP contribution is -2.38. The number of urea groups is 1. The second-order valence-electron chi connectivity index (χ2n) is 5.92. The minimum Gasteiger partial charge on any atom is -0.481 e. The monoisotopic (exact) mass is 290 g/mol. The maximum Gasteiger partial charge on any atom is 0.321 e. The van der Waals surface area contributed by atoms with Gasteiger partial charge in [0, 0.05) is 18.8 Å². The first kappa shape index (κ1) is 15.4. The van der Waals surface area contributed by atoms with E-state index in [4.69, 9.17) is 0 Å². The molecule has 0 radical (unpaired) electrons. The number of likely N-dealkylation sites (tertiary alicyclic amines) is 1. The molecule has 0 aliphatic carbocycles. The van der Waals surface area contributed by atoms with Gasteiger partial charge in [-0.15, -0.1) is 0 Å². The molecule has 1 aliphatic rings. The molecule has 1 heterocycles. The quantitative estimate of drug-likeness (QED) is 0.899. The van der Waals surface area contributed by atoms with Crippen molar-refractivity contribution in [3.8, 4) is 0 Å². The Labute approximate surface area is 125 Å². The fourth-order valence-corrected chi connectivity index (χ4v) is 2.91. The molecule has 1 aromatic rings. The summed E-state index contributed by atoms with van der Waals surface area (Å²) in [6.07, 6.45) is 1.05. The van der Waals surface area contributed by atoms with Gasteiger partial charge in [-0.25, -0.2) is 4.79 Å². The van der Waals surface area contributed by atoms with E-state index in [-0.39, 0.29) is 12.6 Å². The van der Waals surface area contributed by atoms with E-state index in [1.807, 2.05) is 39.0 Å². The topological polar surface area (TPSA) is 69.6 Å². The number of nitrogens with one attached hydrogen (secondary N) is 1. The Bertz CT molecular complexity index is 550. The number of amides is 2. The first-order valence-electron chi connectivity index (χ1n) is 7.24. The van der Waals surface area contributed by atoms with Gasteiger partial charge in [-0.05, 0) is 49.9 Å². The molecule has 1 aliphatic heterocycles. The van der Waals surface area contributed by atoms with Crippen LogP contribution in [0.1, 0.15) is 30.9 Å². The van der Waals surface area contributed by atoms with Crippen LogP contribution in [-0.4, -0.2) is 35.1 Å². The third-order valence-electron chi connectivity index (χ3n) is 4.24. The number of hydrogen-bond donors (Lipinski definition) is 2. The van der Waals surface area contributed by atoms with Crippen molar-refractivity contribution >= 4 is 17.7 Å². The van der Waals surface area contributed by atoms with Crippen molar-refractivity contribution in [3.63, 3.8) is 0 Å². The van der Waals surface area contributed by atoms with Crippen molar-refractivity contribution in [2.75, 3.05) is 18.4 Å². The molecular formula is C16H22N2O3. The van der Waals surface area contributed by atoms with Crippen LogP contribution in [-0.2, 0) is 4.79 Å². The number of anilines is 1. The summed E-state index contributed by atoms with van der Waals surface area (Å²) in [5.41, 5.74) is 2.13. The lowest BCUT2D eigenvalue weighted by molar-refractivity contribution is -0.148. The number of nitrogens with zero attached hydrogens (tertiary/aromatic N) is 1. The highest BCUT2D eigenvalue weighted by Gasteiger charge is 2.44. The van der Waals surface area contributed by atoms with Crippen LogP contribution in [0.4, 0.5) is 10.5 Å². The summed E-state index contributed by atoms with van der Waals surface area (Å²) in [5.74, 6) is -0.813.